The molecule has 0 unspecified atom stereocenters. The molecule has 0 atom stereocenters. The van der Waals surface area contributed by atoms with Gasteiger partial charge in [0, 0.05) is 16.8 Å². The monoisotopic (exact) mass is 733 g/mol. The Kier molecular flexibility index (Phi) is 9.58. The number of fused-ring (bicyclic) bond motifs is 2. The molecule has 1 nitrogen and oxygen atoms in total. The summed E-state index contributed by atoms with van der Waals surface area (Å²) in [7, 11) is 0. The average molecular weight is 734 g/mol. The summed E-state index contributed by atoms with van der Waals surface area (Å²) in [5, 5.41) is 5.41. The van der Waals surface area contributed by atoms with Crippen LogP contribution in [0.15, 0.2) is 188 Å². The number of nitrogens with zero attached hydrogens (tertiary/aromatic N) is 1. The highest BCUT2D eigenvalue weighted by molar-refractivity contribution is 6.04. The van der Waals surface area contributed by atoms with Crippen LogP contribution in [-0.4, -0.2) is 0 Å². The Labute approximate surface area is 336 Å². The molecule has 0 saturated heterocycles. The van der Waals surface area contributed by atoms with E-state index >= 15 is 0 Å². The first-order valence-corrected chi connectivity index (χ1v) is 20.8. The first kappa shape index (κ1) is 35.0. The van der Waals surface area contributed by atoms with E-state index in [1.807, 2.05) is 0 Å². The highest BCUT2D eigenvalue weighted by Gasteiger charge is 2.24. The van der Waals surface area contributed by atoms with E-state index in [-0.39, 0.29) is 0 Å². The normalized spacial score (nSPS) is 14.2. The first-order valence-electron chi connectivity index (χ1n) is 20.8. The first-order chi connectivity index (χ1) is 28.3. The second kappa shape index (κ2) is 15.6. The number of para-hydroxylation sites is 2. The Morgan fingerprint density at radius 1 is 0.439 bits per heavy atom. The minimum absolute atomic E-state index is 0.593. The number of hydrogen-bond donors (Lipinski definition) is 0. The molecule has 0 bridgehead atoms. The van der Waals surface area contributed by atoms with Gasteiger partial charge < -0.3 is 4.90 Å². The summed E-state index contributed by atoms with van der Waals surface area (Å²) >= 11 is 0. The van der Waals surface area contributed by atoms with E-state index in [9.17, 15) is 0 Å². The Morgan fingerprint density at radius 2 is 1.05 bits per heavy atom. The van der Waals surface area contributed by atoms with Gasteiger partial charge in [-0.2, -0.15) is 0 Å². The molecule has 0 aromatic heterocycles. The topological polar surface area (TPSA) is 3.24 Å². The van der Waals surface area contributed by atoms with E-state index in [1.54, 1.807) is 0 Å². The van der Waals surface area contributed by atoms with Crippen molar-refractivity contribution in [2.45, 2.75) is 50.9 Å². The van der Waals surface area contributed by atoms with Gasteiger partial charge in [0.25, 0.3) is 0 Å². The van der Waals surface area contributed by atoms with Crippen LogP contribution in [0.5, 0.6) is 0 Å². The Bertz CT molecular complexity index is 2820. The van der Waals surface area contributed by atoms with Crippen LogP contribution in [0, 0.1) is 0 Å². The molecule has 1 heteroatoms. The summed E-state index contributed by atoms with van der Waals surface area (Å²) in [6.45, 7) is 0. The summed E-state index contributed by atoms with van der Waals surface area (Å²) in [4.78, 5) is 2.53. The van der Waals surface area contributed by atoms with Crippen molar-refractivity contribution >= 4 is 39.5 Å². The third-order valence-corrected chi connectivity index (χ3v) is 12.4. The third-order valence-electron chi connectivity index (χ3n) is 12.4. The number of benzene rings is 8. The fourth-order valence-electron chi connectivity index (χ4n) is 9.63. The van der Waals surface area contributed by atoms with Crippen LogP contribution in [0.3, 0.4) is 0 Å². The number of hydrogen-bond acceptors (Lipinski definition) is 1. The highest BCUT2D eigenvalue weighted by Crippen LogP contribution is 2.48. The molecule has 0 radical (unpaired) electrons. The summed E-state index contributed by atoms with van der Waals surface area (Å²) in [5.74, 6) is 0.593. The van der Waals surface area contributed by atoms with Gasteiger partial charge >= 0.3 is 0 Å². The van der Waals surface area contributed by atoms with Crippen LogP contribution in [0.4, 0.5) is 17.1 Å². The Hall–Kier alpha value is -6.44. The molecular formula is C56H47N. The van der Waals surface area contributed by atoms with E-state index in [0.717, 1.165) is 24.2 Å². The van der Waals surface area contributed by atoms with Crippen LogP contribution < -0.4 is 15.3 Å². The molecule has 0 N–H and O–H groups in total. The van der Waals surface area contributed by atoms with Crippen LogP contribution in [0.2, 0.25) is 0 Å². The number of anilines is 3. The zero-order valence-corrected chi connectivity index (χ0v) is 32.4. The molecule has 57 heavy (non-hydrogen) atoms. The van der Waals surface area contributed by atoms with Crippen LogP contribution in [-0.2, 0) is 0 Å². The van der Waals surface area contributed by atoms with Crippen molar-refractivity contribution < 1.29 is 0 Å². The van der Waals surface area contributed by atoms with Crippen molar-refractivity contribution in [2.75, 3.05) is 4.90 Å². The molecule has 2 aliphatic rings. The van der Waals surface area contributed by atoms with E-state index in [4.69, 9.17) is 0 Å². The molecule has 276 valence electrons. The average Bonchev–Trinajstić information content (AvgIpc) is 3.30. The molecule has 8 aromatic rings. The SMILES string of the molecule is C1=c2ccccc2=C(c2cccc(N(c3ccccc3-c3ccc(-c4ccccc4)cc3)c3ccccc3-c3cccc4cccc(C5CCCCC5)c34)c2)CC1. The van der Waals surface area contributed by atoms with E-state index in [0.29, 0.717) is 5.92 Å². The third kappa shape index (κ3) is 6.78. The zero-order valence-electron chi connectivity index (χ0n) is 32.4. The molecule has 10 rings (SSSR count). The summed E-state index contributed by atoms with van der Waals surface area (Å²) in [6, 6.07) is 69.9. The molecule has 0 amide bonds. The van der Waals surface area contributed by atoms with E-state index in [2.05, 4.69) is 199 Å². The maximum absolute atomic E-state index is 2.53. The molecule has 0 spiro atoms. The molecule has 2 aliphatic carbocycles. The van der Waals surface area contributed by atoms with Gasteiger partial charge in [0.2, 0.25) is 0 Å². The van der Waals surface area contributed by atoms with Gasteiger partial charge in [0.1, 0.15) is 0 Å². The standard InChI is InChI=1S/C56H47N/c1-3-17-40(18-4-1)41-35-37-44(38-36-41)50-28-9-11-33-54(50)57(47-26-13-25-46(39-47)49-30-14-22-42-21-7-8-27-48(42)49)55-34-12-10-29-52(55)53-32-16-24-45-23-15-31-51(56(45)53)43-19-5-2-6-20-43/h1,3-4,7-13,15-18,21-29,31-39,43H,2,5-6,14,19-20,30H2. The van der Waals surface area contributed by atoms with Gasteiger partial charge in [-0.3, -0.25) is 0 Å². The molecule has 1 saturated carbocycles. The predicted octanol–water partition coefficient (Wildman–Crippen LogP) is 14.1. The van der Waals surface area contributed by atoms with Crippen molar-refractivity contribution in [1.29, 1.82) is 0 Å². The van der Waals surface area contributed by atoms with Crippen molar-refractivity contribution in [3.8, 4) is 33.4 Å². The van der Waals surface area contributed by atoms with E-state index in [1.165, 1.54) is 109 Å². The van der Waals surface area contributed by atoms with Crippen LogP contribution in [0.25, 0.3) is 55.8 Å². The van der Waals surface area contributed by atoms with Gasteiger partial charge in [0.15, 0.2) is 0 Å². The Balaban J connectivity index is 1.19. The van der Waals surface area contributed by atoms with Gasteiger partial charge in [-0.1, -0.05) is 189 Å². The maximum atomic E-state index is 2.53. The lowest BCUT2D eigenvalue weighted by Gasteiger charge is -2.31. The maximum Gasteiger partial charge on any atom is 0.0540 e. The minimum atomic E-state index is 0.593. The van der Waals surface area contributed by atoms with Crippen molar-refractivity contribution in [3.63, 3.8) is 0 Å². The molecule has 8 aromatic carbocycles. The van der Waals surface area contributed by atoms with Crippen LogP contribution >= 0.6 is 0 Å². The Morgan fingerprint density at radius 3 is 1.88 bits per heavy atom. The van der Waals surface area contributed by atoms with Crippen molar-refractivity contribution in [1.82, 2.24) is 0 Å². The summed E-state index contributed by atoms with van der Waals surface area (Å²) in [6.07, 6.45) is 11.0. The molecular weight excluding hydrogens is 687 g/mol. The minimum Gasteiger partial charge on any atom is -0.309 e. The largest absolute Gasteiger partial charge is 0.309 e. The van der Waals surface area contributed by atoms with Gasteiger partial charge in [-0.15, -0.1) is 0 Å². The second-order valence-corrected chi connectivity index (χ2v) is 15.8. The highest BCUT2D eigenvalue weighted by atomic mass is 15.1. The lowest BCUT2D eigenvalue weighted by molar-refractivity contribution is 0.445. The summed E-state index contributed by atoms with van der Waals surface area (Å²) in [5.41, 5.74) is 15.1. The lowest BCUT2D eigenvalue weighted by Crippen LogP contribution is -2.29. The van der Waals surface area contributed by atoms with Gasteiger partial charge in [0.05, 0.1) is 11.4 Å². The molecule has 0 aliphatic heterocycles. The fourth-order valence-corrected chi connectivity index (χ4v) is 9.63. The van der Waals surface area contributed by atoms with Gasteiger partial charge in [-0.05, 0) is 116 Å². The summed E-state index contributed by atoms with van der Waals surface area (Å²) < 4.78 is 0. The molecule has 1 fully saturated rings. The van der Waals surface area contributed by atoms with Crippen LogP contribution in [0.1, 0.15) is 62.0 Å². The number of rotatable bonds is 8. The van der Waals surface area contributed by atoms with Crippen molar-refractivity contribution in [3.05, 3.63) is 210 Å². The van der Waals surface area contributed by atoms with Gasteiger partial charge in [-0.25, -0.2) is 0 Å². The smallest absolute Gasteiger partial charge is 0.0540 e. The zero-order chi connectivity index (χ0) is 38.0. The van der Waals surface area contributed by atoms with Crippen molar-refractivity contribution in [2.24, 2.45) is 0 Å². The second-order valence-electron chi connectivity index (χ2n) is 15.8. The predicted molar refractivity (Wildman–Crippen MR) is 243 cm³/mol. The lowest BCUT2D eigenvalue weighted by atomic mass is 9.80. The fraction of sp³-hybridized carbons (Fsp3) is 0.143. The quantitative estimate of drug-likeness (QED) is 0.150. The molecule has 0 heterocycles. The van der Waals surface area contributed by atoms with E-state index < -0.39 is 0 Å².